The van der Waals surface area contributed by atoms with Gasteiger partial charge in [-0.1, -0.05) is 18.2 Å². The van der Waals surface area contributed by atoms with Crippen molar-refractivity contribution >= 4 is 27.4 Å². The lowest BCUT2D eigenvalue weighted by molar-refractivity contribution is 0.110. The van der Waals surface area contributed by atoms with E-state index in [9.17, 15) is 14.8 Å². The smallest absolute Gasteiger partial charge is 0.234 e. The van der Waals surface area contributed by atoms with Gasteiger partial charge >= 0.3 is 0 Å². The number of alkyl halides is 1. The molecule has 4 heterocycles. The number of pyridine rings is 1. The monoisotopic (exact) mass is 573 g/mol. The maximum Gasteiger partial charge on any atom is 0.234 e. The van der Waals surface area contributed by atoms with Gasteiger partial charge in [0.25, 0.3) is 0 Å². The van der Waals surface area contributed by atoms with Crippen LogP contribution in [0.4, 0.5) is 18.9 Å². The summed E-state index contributed by atoms with van der Waals surface area (Å²) in [5, 5.41) is 25.1. The van der Waals surface area contributed by atoms with Crippen molar-refractivity contribution in [2.75, 3.05) is 50.8 Å². The van der Waals surface area contributed by atoms with E-state index in [2.05, 4.69) is 21.3 Å². The van der Waals surface area contributed by atoms with Gasteiger partial charge in [0.2, 0.25) is 5.88 Å². The van der Waals surface area contributed by atoms with Crippen molar-refractivity contribution in [3.8, 4) is 28.8 Å². The van der Waals surface area contributed by atoms with Gasteiger partial charge in [-0.15, -0.1) is 0 Å². The summed E-state index contributed by atoms with van der Waals surface area (Å²) < 4.78 is 52.4. The second kappa shape index (κ2) is 10.3. The molecule has 2 N–H and O–H groups in total. The van der Waals surface area contributed by atoms with Crippen LogP contribution < -0.4 is 15.0 Å². The highest BCUT2D eigenvalue weighted by Gasteiger charge is 2.49. The standard InChI is InChI=1S/C32H30F3N5O2/c33-20-15-32(7-2-10-40(32)17-20)18-42-31-25(16-36)30(39-11-8-37-9-12-39)23-6-5-22(28(35)29(23)38-31)24-14-21(41)13-19-3-1-4-26(34)27(19)24/h1,3-6,13-14,20,37,41H,2,7-12,15,17-18H2/t20-,32+/m1/s1. The molecule has 4 aromatic rings. The minimum Gasteiger partial charge on any atom is -0.508 e. The van der Waals surface area contributed by atoms with Crippen LogP contribution >= 0.6 is 0 Å². The van der Waals surface area contributed by atoms with Crippen LogP contribution in [0.15, 0.2) is 42.5 Å². The topological polar surface area (TPSA) is 84.6 Å². The number of nitrogens with zero attached hydrogens (tertiary/aromatic N) is 4. The minimum atomic E-state index is -0.942. The Labute approximate surface area is 241 Å². The molecule has 0 amide bonds. The van der Waals surface area contributed by atoms with Crippen molar-refractivity contribution in [3.63, 3.8) is 0 Å². The molecule has 0 unspecified atom stereocenters. The normalized spacial score (nSPS) is 22.5. The van der Waals surface area contributed by atoms with Gasteiger partial charge in [-0.2, -0.15) is 5.26 Å². The fourth-order valence-electron chi connectivity index (χ4n) is 7.12. The molecule has 3 aromatic carbocycles. The van der Waals surface area contributed by atoms with Gasteiger partial charge in [0, 0.05) is 55.5 Å². The number of phenols is 1. The highest BCUT2D eigenvalue weighted by molar-refractivity contribution is 6.03. The van der Waals surface area contributed by atoms with Crippen LogP contribution in [-0.2, 0) is 0 Å². The van der Waals surface area contributed by atoms with Crippen LogP contribution in [-0.4, -0.2) is 72.6 Å². The molecule has 0 saturated carbocycles. The quantitative estimate of drug-likeness (QED) is 0.336. The van der Waals surface area contributed by atoms with E-state index in [-0.39, 0.29) is 45.8 Å². The number of nitriles is 1. The molecule has 3 fully saturated rings. The summed E-state index contributed by atoms with van der Waals surface area (Å²) in [6.07, 6.45) is 1.12. The number of rotatable bonds is 5. The number of anilines is 1. The zero-order chi connectivity index (χ0) is 29.0. The van der Waals surface area contributed by atoms with Gasteiger partial charge in [-0.25, -0.2) is 18.2 Å². The van der Waals surface area contributed by atoms with Crippen molar-refractivity contribution in [1.29, 1.82) is 5.26 Å². The van der Waals surface area contributed by atoms with Crippen molar-refractivity contribution in [2.45, 2.75) is 31.0 Å². The Bertz CT molecular complexity index is 1750. The Morgan fingerprint density at radius 1 is 1.12 bits per heavy atom. The first kappa shape index (κ1) is 26.8. The molecule has 7 nitrogen and oxygen atoms in total. The Hall–Kier alpha value is -4.07. The van der Waals surface area contributed by atoms with Crippen molar-refractivity contribution < 1.29 is 23.0 Å². The van der Waals surface area contributed by atoms with Crippen molar-refractivity contribution in [3.05, 3.63) is 59.7 Å². The molecule has 42 heavy (non-hydrogen) atoms. The van der Waals surface area contributed by atoms with Gasteiger partial charge in [0.15, 0.2) is 5.82 Å². The fourth-order valence-corrected chi connectivity index (χ4v) is 7.12. The van der Waals surface area contributed by atoms with Crippen molar-refractivity contribution in [2.24, 2.45) is 0 Å². The van der Waals surface area contributed by atoms with Gasteiger partial charge in [0.1, 0.15) is 41.5 Å². The van der Waals surface area contributed by atoms with E-state index in [4.69, 9.17) is 4.74 Å². The number of hydrogen-bond acceptors (Lipinski definition) is 7. The van der Waals surface area contributed by atoms with E-state index in [1.165, 1.54) is 24.3 Å². The van der Waals surface area contributed by atoms with Crippen LogP contribution in [0.25, 0.3) is 32.8 Å². The Kier molecular flexibility index (Phi) is 6.59. The van der Waals surface area contributed by atoms with Crippen LogP contribution in [0, 0.1) is 23.0 Å². The molecule has 10 heteroatoms. The maximum atomic E-state index is 16.6. The molecule has 0 bridgehead atoms. The molecule has 2 atom stereocenters. The lowest BCUT2D eigenvalue weighted by Gasteiger charge is -2.33. The summed E-state index contributed by atoms with van der Waals surface area (Å²) in [5.74, 6) is -1.36. The third kappa shape index (κ3) is 4.30. The summed E-state index contributed by atoms with van der Waals surface area (Å²) in [6.45, 7) is 3.87. The largest absolute Gasteiger partial charge is 0.508 e. The zero-order valence-corrected chi connectivity index (χ0v) is 23.0. The second-order valence-electron chi connectivity index (χ2n) is 11.5. The number of hydrogen-bond donors (Lipinski definition) is 2. The first-order valence-electron chi connectivity index (χ1n) is 14.3. The summed E-state index contributed by atoms with van der Waals surface area (Å²) >= 11 is 0. The molecular weight excluding hydrogens is 543 g/mol. The molecule has 3 aliphatic heterocycles. The van der Waals surface area contributed by atoms with E-state index < -0.39 is 23.3 Å². The number of ether oxygens (including phenoxy) is 1. The zero-order valence-electron chi connectivity index (χ0n) is 23.0. The van der Waals surface area contributed by atoms with Gasteiger partial charge in [-0.3, -0.25) is 4.90 Å². The Morgan fingerprint density at radius 3 is 2.76 bits per heavy atom. The van der Waals surface area contributed by atoms with Crippen LogP contribution in [0.2, 0.25) is 0 Å². The number of aromatic hydroxyl groups is 1. The molecular formula is C32H30F3N5O2. The minimum absolute atomic E-state index is 0.00469. The average Bonchev–Trinajstić information content (AvgIpc) is 3.51. The number of benzene rings is 3. The molecule has 0 spiro atoms. The van der Waals surface area contributed by atoms with E-state index >= 15 is 8.78 Å². The second-order valence-corrected chi connectivity index (χ2v) is 11.5. The number of fused-ring (bicyclic) bond motifs is 3. The fraction of sp³-hybridized carbons (Fsp3) is 0.375. The van der Waals surface area contributed by atoms with Crippen LogP contribution in [0.1, 0.15) is 24.8 Å². The third-order valence-electron chi connectivity index (χ3n) is 9.02. The molecule has 7 rings (SSSR count). The molecule has 3 aliphatic rings. The van der Waals surface area contributed by atoms with Crippen LogP contribution in [0.5, 0.6) is 11.6 Å². The molecule has 3 saturated heterocycles. The average molecular weight is 574 g/mol. The Morgan fingerprint density at radius 2 is 1.95 bits per heavy atom. The van der Waals surface area contributed by atoms with Gasteiger partial charge in [-0.05, 0) is 54.6 Å². The van der Waals surface area contributed by atoms with E-state index in [0.29, 0.717) is 55.6 Å². The lowest BCUT2D eigenvalue weighted by atomic mass is 9.94. The molecule has 216 valence electrons. The van der Waals surface area contributed by atoms with Crippen LogP contribution in [0.3, 0.4) is 0 Å². The highest BCUT2D eigenvalue weighted by Crippen LogP contribution is 2.44. The SMILES string of the molecule is N#Cc1c(OC[C@@]23CCCN2C[C@H](F)C3)nc2c(F)c(-c3cc(O)cc4cccc(F)c34)ccc2c1N1CCNCC1. The first-order chi connectivity index (χ1) is 20.4. The maximum absolute atomic E-state index is 16.6. The van der Waals surface area contributed by atoms with E-state index in [1.807, 2.05) is 4.90 Å². The lowest BCUT2D eigenvalue weighted by Crippen LogP contribution is -2.44. The van der Waals surface area contributed by atoms with E-state index in [1.54, 1.807) is 18.2 Å². The van der Waals surface area contributed by atoms with Gasteiger partial charge < -0.3 is 20.1 Å². The number of nitrogens with one attached hydrogen (secondary N) is 1. The highest BCUT2D eigenvalue weighted by atomic mass is 19.1. The number of halogens is 3. The summed E-state index contributed by atoms with van der Waals surface area (Å²) in [4.78, 5) is 8.72. The molecule has 0 radical (unpaired) electrons. The predicted molar refractivity (Wildman–Crippen MR) is 155 cm³/mol. The summed E-state index contributed by atoms with van der Waals surface area (Å²) in [6, 6.07) is 12.8. The summed E-state index contributed by atoms with van der Waals surface area (Å²) in [7, 11) is 0. The molecule has 0 aliphatic carbocycles. The third-order valence-corrected chi connectivity index (χ3v) is 9.02. The summed E-state index contributed by atoms with van der Waals surface area (Å²) in [5.41, 5.74) is 0.516. The van der Waals surface area contributed by atoms with Gasteiger partial charge in [0.05, 0.1) is 11.2 Å². The first-order valence-corrected chi connectivity index (χ1v) is 14.3. The number of piperazine rings is 1. The van der Waals surface area contributed by atoms with Crippen molar-refractivity contribution in [1.82, 2.24) is 15.2 Å². The number of phenolic OH excluding ortho intramolecular Hbond substituents is 1. The Balaban J connectivity index is 1.41. The molecule has 1 aromatic heterocycles. The number of aromatic nitrogens is 1. The van der Waals surface area contributed by atoms with E-state index in [0.717, 1.165) is 19.4 Å². The predicted octanol–water partition coefficient (Wildman–Crippen LogP) is 5.28.